The van der Waals surface area contributed by atoms with Crippen LogP contribution >= 0.6 is 0 Å². The van der Waals surface area contributed by atoms with Crippen LogP contribution in [-0.4, -0.2) is 19.2 Å². The van der Waals surface area contributed by atoms with Crippen LogP contribution in [0.4, 0.5) is 0 Å². The molecule has 2 heteroatoms. The lowest BCUT2D eigenvalue weighted by atomic mass is 10.0. The summed E-state index contributed by atoms with van der Waals surface area (Å²) < 4.78 is 5.95. The first-order chi connectivity index (χ1) is 8.90. The molecule has 0 radical (unpaired) electrons. The summed E-state index contributed by atoms with van der Waals surface area (Å²) in [5.74, 6) is 1.08. The summed E-state index contributed by atoms with van der Waals surface area (Å²) in [6.07, 6.45) is 7.41. The number of aryl methyl sites for hydroxylation is 1. The molecule has 1 heterocycles. The van der Waals surface area contributed by atoms with E-state index in [0.29, 0.717) is 6.04 Å². The van der Waals surface area contributed by atoms with E-state index in [9.17, 15) is 0 Å². The second-order valence-electron chi connectivity index (χ2n) is 5.14. The predicted molar refractivity (Wildman–Crippen MR) is 76.2 cm³/mol. The van der Waals surface area contributed by atoms with E-state index in [1.165, 1.54) is 37.8 Å². The molecule has 0 saturated carbocycles. The molecule has 1 atom stereocenters. The molecule has 1 saturated heterocycles. The van der Waals surface area contributed by atoms with Crippen molar-refractivity contribution in [2.24, 2.45) is 0 Å². The molecule has 0 bridgehead atoms. The number of ether oxygens (including phenoxy) is 1. The van der Waals surface area contributed by atoms with Gasteiger partial charge in [-0.1, -0.05) is 38.0 Å². The van der Waals surface area contributed by atoms with Crippen LogP contribution in [0.25, 0.3) is 0 Å². The highest BCUT2D eigenvalue weighted by molar-refractivity contribution is 5.33. The number of rotatable bonds is 6. The van der Waals surface area contributed by atoms with E-state index in [0.717, 1.165) is 25.2 Å². The van der Waals surface area contributed by atoms with Gasteiger partial charge in [-0.25, -0.2) is 0 Å². The van der Waals surface area contributed by atoms with Gasteiger partial charge in [0.1, 0.15) is 5.75 Å². The van der Waals surface area contributed by atoms with Gasteiger partial charge in [-0.3, -0.25) is 0 Å². The topological polar surface area (TPSA) is 21.3 Å². The van der Waals surface area contributed by atoms with Gasteiger partial charge in [0.15, 0.2) is 0 Å². The zero-order valence-corrected chi connectivity index (χ0v) is 11.5. The molecule has 0 amide bonds. The van der Waals surface area contributed by atoms with Crippen LogP contribution in [-0.2, 0) is 6.42 Å². The molecule has 0 aliphatic carbocycles. The average molecular weight is 247 g/mol. The second-order valence-corrected chi connectivity index (χ2v) is 5.14. The molecule has 0 spiro atoms. The number of hydrogen-bond acceptors (Lipinski definition) is 2. The normalized spacial score (nSPS) is 19.7. The van der Waals surface area contributed by atoms with Crippen LogP contribution in [0.5, 0.6) is 5.75 Å². The molecular formula is C16H25NO. The Morgan fingerprint density at radius 3 is 2.94 bits per heavy atom. The molecule has 2 nitrogen and oxygen atoms in total. The van der Waals surface area contributed by atoms with Gasteiger partial charge in [0.2, 0.25) is 0 Å². The van der Waals surface area contributed by atoms with Crippen molar-refractivity contribution in [3.8, 4) is 5.75 Å². The summed E-state index contributed by atoms with van der Waals surface area (Å²) in [7, 11) is 0. The summed E-state index contributed by atoms with van der Waals surface area (Å²) in [5, 5.41) is 3.57. The molecule has 1 fully saturated rings. The van der Waals surface area contributed by atoms with Crippen LogP contribution in [0, 0.1) is 0 Å². The monoisotopic (exact) mass is 247 g/mol. The van der Waals surface area contributed by atoms with Crippen LogP contribution in [0.15, 0.2) is 24.3 Å². The van der Waals surface area contributed by atoms with Gasteiger partial charge in [-0.2, -0.15) is 0 Å². The Bertz CT molecular complexity index is 345. The van der Waals surface area contributed by atoms with Crippen molar-refractivity contribution in [3.63, 3.8) is 0 Å². The van der Waals surface area contributed by atoms with Crippen LogP contribution < -0.4 is 10.1 Å². The number of piperidine rings is 1. The first kappa shape index (κ1) is 13.4. The highest BCUT2D eigenvalue weighted by atomic mass is 16.5. The van der Waals surface area contributed by atoms with Gasteiger partial charge in [-0.05, 0) is 43.9 Å². The van der Waals surface area contributed by atoms with Gasteiger partial charge < -0.3 is 10.1 Å². The predicted octanol–water partition coefficient (Wildman–Crippen LogP) is 3.55. The number of para-hydroxylation sites is 1. The van der Waals surface area contributed by atoms with Gasteiger partial charge in [0.05, 0.1) is 6.61 Å². The van der Waals surface area contributed by atoms with Crippen molar-refractivity contribution in [3.05, 3.63) is 29.8 Å². The smallest absolute Gasteiger partial charge is 0.122 e. The molecule has 1 aliphatic heterocycles. The minimum absolute atomic E-state index is 0.664. The fourth-order valence-electron chi connectivity index (χ4n) is 2.60. The largest absolute Gasteiger partial charge is 0.493 e. The van der Waals surface area contributed by atoms with E-state index in [-0.39, 0.29) is 0 Å². The van der Waals surface area contributed by atoms with Crippen LogP contribution in [0.3, 0.4) is 0 Å². The zero-order valence-electron chi connectivity index (χ0n) is 11.5. The van der Waals surface area contributed by atoms with Gasteiger partial charge in [-0.15, -0.1) is 0 Å². The van der Waals surface area contributed by atoms with E-state index in [1.807, 2.05) is 0 Å². The van der Waals surface area contributed by atoms with E-state index in [2.05, 4.69) is 36.5 Å². The summed E-state index contributed by atoms with van der Waals surface area (Å²) >= 11 is 0. The van der Waals surface area contributed by atoms with Gasteiger partial charge >= 0.3 is 0 Å². The van der Waals surface area contributed by atoms with Gasteiger partial charge in [0, 0.05) is 6.04 Å². The third-order valence-electron chi connectivity index (χ3n) is 3.63. The molecule has 0 unspecified atom stereocenters. The van der Waals surface area contributed by atoms with Crippen molar-refractivity contribution in [2.75, 3.05) is 13.2 Å². The second kappa shape index (κ2) is 7.42. The first-order valence-electron chi connectivity index (χ1n) is 7.34. The van der Waals surface area contributed by atoms with Crippen LogP contribution in [0.1, 0.15) is 44.6 Å². The highest BCUT2D eigenvalue weighted by Crippen LogP contribution is 2.20. The molecule has 2 rings (SSSR count). The minimum Gasteiger partial charge on any atom is -0.493 e. The van der Waals surface area contributed by atoms with E-state index in [4.69, 9.17) is 4.74 Å². The van der Waals surface area contributed by atoms with E-state index >= 15 is 0 Å². The maximum absolute atomic E-state index is 5.95. The molecule has 1 aromatic rings. The lowest BCUT2D eigenvalue weighted by Gasteiger charge is -2.23. The van der Waals surface area contributed by atoms with Crippen molar-refractivity contribution in [2.45, 2.75) is 51.5 Å². The average Bonchev–Trinajstić information content (AvgIpc) is 2.42. The molecule has 18 heavy (non-hydrogen) atoms. The maximum Gasteiger partial charge on any atom is 0.122 e. The maximum atomic E-state index is 5.95. The molecule has 1 aromatic carbocycles. The molecule has 0 aromatic heterocycles. The first-order valence-corrected chi connectivity index (χ1v) is 7.34. The van der Waals surface area contributed by atoms with E-state index < -0.39 is 0 Å². The molecular weight excluding hydrogens is 222 g/mol. The van der Waals surface area contributed by atoms with Crippen molar-refractivity contribution in [1.82, 2.24) is 5.32 Å². The Kier molecular flexibility index (Phi) is 5.53. The zero-order chi connectivity index (χ0) is 12.6. The molecule has 1 aliphatic rings. The summed E-state index contributed by atoms with van der Waals surface area (Å²) in [4.78, 5) is 0. The summed E-state index contributed by atoms with van der Waals surface area (Å²) in [6, 6.07) is 9.10. The Morgan fingerprint density at radius 2 is 2.17 bits per heavy atom. The highest BCUT2D eigenvalue weighted by Gasteiger charge is 2.12. The van der Waals surface area contributed by atoms with Crippen molar-refractivity contribution in [1.29, 1.82) is 0 Å². The Balaban J connectivity index is 1.78. The Morgan fingerprint density at radius 1 is 1.28 bits per heavy atom. The van der Waals surface area contributed by atoms with Crippen molar-refractivity contribution >= 4 is 0 Å². The SMILES string of the molecule is CCCc1ccccc1OCC[C@@H]1CCCCN1. The molecule has 1 N–H and O–H groups in total. The fraction of sp³-hybridized carbons (Fsp3) is 0.625. The lowest BCUT2D eigenvalue weighted by Crippen LogP contribution is -2.35. The minimum atomic E-state index is 0.664. The Labute approximate surface area is 111 Å². The number of hydrogen-bond donors (Lipinski definition) is 1. The lowest BCUT2D eigenvalue weighted by molar-refractivity contribution is 0.266. The Hall–Kier alpha value is -1.02. The van der Waals surface area contributed by atoms with Gasteiger partial charge in [0.25, 0.3) is 0 Å². The van der Waals surface area contributed by atoms with Crippen molar-refractivity contribution < 1.29 is 4.74 Å². The number of benzene rings is 1. The number of nitrogens with one attached hydrogen (secondary N) is 1. The van der Waals surface area contributed by atoms with Crippen LogP contribution in [0.2, 0.25) is 0 Å². The quantitative estimate of drug-likeness (QED) is 0.830. The third kappa shape index (κ3) is 4.02. The molecule has 100 valence electrons. The fourth-order valence-corrected chi connectivity index (χ4v) is 2.60. The summed E-state index contributed by atoms with van der Waals surface area (Å²) in [5.41, 5.74) is 1.34. The standard InChI is InChI=1S/C16H25NO/c1-2-7-14-8-3-4-10-16(14)18-13-11-15-9-5-6-12-17-15/h3-4,8,10,15,17H,2,5-7,9,11-13H2,1H3/t15-/m0/s1. The van der Waals surface area contributed by atoms with E-state index in [1.54, 1.807) is 0 Å². The third-order valence-corrected chi connectivity index (χ3v) is 3.63. The summed E-state index contributed by atoms with van der Waals surface area (Å²) in [6.45, 7) is 4.22.